The number of hydrogen-bond donors (Lipinski definition) is 0. The van der Waals surface area contributed by atoms with Crippen molar-refractivity contribution in [3.05, 3.63) is 6.92 Å². The van der Waals surface area contributed by atoms with Crippen LogP contribution in [0.25, 0.3) is 0 Å². The first-order chi connectivity index (χ1) is 7.41. The number of rotatable bonds is 8. The standard InChI is InChI=1S/C10H17ClF4OSi/c1-9(12,13)7-10(14,15)8-16-5-4-6-17(2,3)11/h1H,4-8H2,2-3H3. The lowest BCUT2D eigenvalue weighted by Crippen LogP contribution is -2.31. The minimum absolute atomic E-state index is 0.0921. The number of alkyl halides is 4. The molecule has 0 saturated heterocycles. The largest absolute Gasteiger partial charge is 0.375 e. The second kappa shape index (κ2) is 6.38. The molecule has 0 spiro atoms. The maximum atomic E-state index is 12.9. The van der Waals surface area contributed by atoms with Gasteiger partial charge in [0.25, 0.3) is 11.8 Å². The first-order valence-electron chi connectivity index (χ1n) is 5.23. The molecule has 102 valence electrons. The van der Waals surface area contributed by atoms with Crippen LogP contribution < -0.4 is 0 Å². The molecular formula is C10H17ClF4OSi. The van der Waals surface area contributed by atoms with Gasteiger partial charge in [-0.15, -0.1) is 0 Å². The highest BCUT2D eigenvalue weighted by Crippen LogP contribution is 2.29. The molecule has 0 aliphatic heterocycles. The van der Waals surface area contributed by atoms with Crippen LogP contribution in [0.5, 0.6) is 0 Å². The minimum atomic E-state index is -3.88. The van der Waals surface area contributed by atoms with Crippen molar-refractivity contribution in [1.29, 1.82) is 0 Å². The molecule has 0 heterocycles. The Balaban J connectivity index is 3.74. The smallest absolute Gasteiger partial charge is 0.276 e. The molecule has 0 bridgehead atoms. The average Bonchev–Trinajstić information content (AvgIpc) is 1.95. The summed E-state index contributed by atoms with van der Waals surface area (Å²) < 4.78 is 54.8. The van der Waals surface area contributed by atoms with Crippen LogP contribution in [-0.4, -0.2) is 32.4 Å². The minimum Gasteiger partial charge on any atom is -0.375 e. The summed E-state index contributed by atoms with van der Waals surface area (Å²) in [7, 11) is -1.73. The molecule has 0 rings (SSSR count). The van der Waals surface area contributed by atoms with E-state index in [9.17, 15) is 17.6 Å². The zero-order valence-corrected chi connectivity index (χ0v) is 11.7. The van der Waals surface area contributed by atoms with Gasteiger partial charge in [-0.3, -0.25) is 0 Å². The van der Waals surface area contributed by atoms with E-state index < -0.39 is 32.3 Å². The second-order valence-electron chi connectivity index (χ2n) is 4.67. The van der Waals surface area contributed by atoms with Gasteiger partial charge in [0, 0.05) is 13.5 Å². The third-order valence-electron chi connectivity index (χ3n) is 1.87. The van der Waals surface area contributed by atoms with E-state index in [1.54, 1.807) is 0 Å². The lowest BCUT2D eigenvalue weighted by Gasteiger charge is -2.20. The second-order valence-corrected chi connectivity index (χ2v) is 11.7. The lowest BCUT2D eigenvalue weighted by molar-refractivity contribution is -0.128. The van der Waals surface area contributed by atoms with Gasteiger partial charge in [-0.05, 0) is 12.5 Å². The van der Waals surface area contributed by atoms with E-state index >= 15 is 0 Å². The van der Waals surface area contributed by atoms with Crippen LogP contribution in [0.1, 0.15) is 12.8 Å². The summed E-state index contributed by atoms with van der Waals surface area (Å²) in [5.41, 5.74) is 0. The molecule has 0 N–H and O–H groups in total. The molecule has 0 aromatic rings. The predicted octanol–water partition coefficient (Wildman–Crippen LogP) is 4.21. The van der Waals surface area contributed by atoms with E-state index in [4.69, 9.17) is 11.1 Å². The highest BCUT2D eigenvalue weighted by Gasteiger charge is 2.40. The lowest BCUT2D eigenvalue weighted by atomic mass is 10.1. The topological polar surface area (TPSA) is 9.23 Å². The Morgan fingerprint density at radius 3 is 2.18 bits per heavy atom. The van der Waals surface area contributed by atoms with Crippen molar-refractivity contribution in [3.8, 4) is 0 Å². The molecule has 0 aliphatic rings. The Hall–Kier alpha value is 0.187. The van der Waals surface area contributed by atoms with Gasteiger partial charge >= 0.3 is 0 Å². The van der Waals surface area contributed by atoms with Crippen LogP contribution in [0.4, 0.5) is 17.6 Å². The van der Waals surface area contributed by atoms with E-state index in [0.29, 0.717) is 6.42 Å². The van der Waals surface area contributed by atoms with Crippen LogP contribution in [0, 0.1) is 6.92 Å². The summed E-state index contributed by atoms with van der Waals surface area (Å²) in [6.45, 7) is 7.14. The number of halogens is 5. The summed E-state index contributed by atoms with van der Waals surface area (Å²) in [6, 6.07) is 0.729. The molecule has 0 saturated carbocycles. The van der Waals surface area contributed by atoms with Crippen molar-refractivity contribution in [2.24, 2.45) is 0 Å². The van der Waals surface area contributed by atoms with Gasteiger partial charge in [-0.2, -0.15) is 11.1 Å². The molecule has 0 aromatic carbocycles. The molecule has 0 aliphatic carbocycles. The summed E-state index contributed by atoms with van der Waals surface area (Å²) in [5, 5.41) is 0. The normalized spacial score (nSPS) is 14.1. The number of hydrogen-bond acceptors (Lipinski definition) is 1. The van der Waals surface area contributed by atoms with Gasteiger partial charge < -0.3 is 4.74 Å². The van der Waals surface area contributed by atoms with E-state index in [1.807, 2.05) is 13.1 Å². The molecule has 0 atom stereocenters. The van der Waals surface area contributed by atoms with Crippen molar-refractivity contribution < 1.29 is 22.3 Å². The van der Waals surface area contributed by atoms with Crippen molar-refractivity contribution in [2.45, 2.75) is 43.8 Å². The Labute approximate surface area is 105 Å². The highest BCUT2D eigenvalue weighted by molar-refractivity contribution is 7.19. The maximum Gasteiger partial charge on any atom is 0.276 e. The van der Waals surface area contributed by atoms with E-state index in [0.717, 1.165) is 6.04 Å². The summed E-state index contributed by atoms with van der Waals surface area (Å²) in [4.78, 5) is 0. The molecule has 1 nitrogen and oxygen atoms in total. The molecule has 0 fully saturated rings. The molecule has 17 heavy (non-hydrogen) atoms. The third-order valence-corrected chi connectivity index (χ3v) is 3.98. The van der Waals surface area contributed by atoms with Gasteiger partial charge in [0.15, 0.2) is 7.38 Å². The predicted molar refractivity (Wildman–Crippen MR) is 62.4 cm³/mol. The molecular weight excluding hydrogens is 276 g/mol. The van der Waals surface area contributed by atoms with Crippen LogP contribution in [0.2, 0.25) is 19.1 Å². The summed E-state index contributed by atoms with van der Waals surface area (Å²) >= 11 is 6.01. The average molecular weight is 293 g/mol. The van der Waals surface area contributed by atoms with E-state index in [2.05, 4.69) is 11.7 Å². The fourth-order valence-corrected chi connectivity index (χ4v) is 2.60. The van der Waals surface area contributed by atoms with Crippen molar-refractivity contribution in [2.75, 3.05) is 13.2 Å². The number of ether oxygens (including phenoxy) is 1. The van der Waals surface area contributed by atoms with Gasteiger partial charge in [0.1, 0.15) is 6.61 Å². The van der Waals surface area contributed by atoms with Crippen LogP contribution in [-0.2, 0) is 4.74 Å². The van der Waals surface area contributed by atoms with Gasteiger partial charge in [-0.1, -0.05) is 13.1 Å². The van der Waals surface area contributed by atoms with Gasteiger partial charge in [0.05, 0.1) is 6.42 Å². The molecule has 0 aromatic heterocycles. The monoisotopic (exact) mass is 292 g/mol. The Kier molecular flexibility index (Phi) is 6.45. The zero-order chi connectivity index (χ0) is 13.7. The van der Waals surface area contributed by atoms with Crippen LogP contribution >= 0.6 is 11.1 Å². The quantitative estimate of drug-likeness (QED) is 0.282. The fourth-order valence-electron chi connectivity index (χ4n) is 1.21. The molecule has 0 unspecified atom stereocenters. The Morgan fingerprint density at radius 2 is 1.76 bits per heavy atom. The van der Waals surface area contributed by atoms with Gasteiger partial charge in [0.2, 0.25) is 0 Å². The zero-order valence-electron chi connectivity index (χ0n) is 9.91. The molecule has 2 radical (unpaired) electrons. The first-order valence-corrected chi connectivity index (χ1v) is 9.44. The summed E-state index contributed by atoms with van der Waals surface area (Å²) in [6.07, 6.45) is -1.15. The third kappa shape index (κ3) is 12.4. The fraction of sp³-hybridized carbons (Fsp3) is 0.900. The molecule has 0 amide bonds. The summed E-state index contributed by atoms with van der Waals surface area (Å²) in [5.74, 6) is -7.48. The van der Waals surface area contributed by atoms with E-state index in [-0.39, 0.29) is 6.61 Å². The maximum absolute atomic E-state index is 12.9. The SMILES string of the molecule is [CH]C(F)(F)CC(F)(F)COCCC[Si](C)(C)Cl. The van der Waals surface area contributed by atoms with Crippen molar-refractivity contribution >= 4 is 18.5 Å². The van der Waals surface area contributed by atoms with Crippen molar-refractivity contribution in [3.63, 3.8) is 0 Å². The highest BCUT2D eigenvalue weighted by atomic mass is 35.6. The first kappa shape index (κ1) is 17.2. The van der Waals surface area contributed by atoms with E-state index in [1.165, 1.54) is 0 Å². The van der Waals surface area contributed by atoms with Crippen LogP contribution in [0.15, 0.2) is 0 Å². The molecule has 7 heteroatoms. The van der Waals surface area contributed by atoms with Crippen molar-refractivity contribution in [1.82, 2.24) is 0 Å². The van der Waals surface area contributed by atoms with Crippen LogP contribution in [0.3, 0.4) is 0 Å². The Bertz CT molecular complexity index is 225. The Morgan fingerprint density at radius 1 is 1.24 bits per heavy atom. The van der Waals surface area contributed by atoms with Gasteiger partial charge in [-0.25, -0.2) is 17.6 Å².